The van der Waals surface area contributed by atoms with Crippen molar-refractivity contribution in [2.45, 2.75) is 12.2 Å². The Morgan fingerprint density at radius 1 is 1.47 bits per heavy atom. The van der Waals surface area contributed by atoms with Crippen LogP contribution >= 0.6 is 11.6 Å². The molecule has 0 aliphatic heterocycles. The second kappa shape index (κ2) is 5.08. The van der Waals surface area contributed by atoms with Gasteiger partial charge in [-0.15, -0.1) is 11.6 Å². The third-order valence-corrected chi connectivity index (χ3v) is 2.32. The van der Waals surface area contributed by atoms with E-state index in [0.29, 0.717) is 0 Å². The second-order valence-corrected chi connectivity index (χ2v) is 3.29. The van der Waals surface area contributed by atoms with Gasteiger partial charge in [-0.1, -0.05) is 12.1 Å². The molecule has 5 heteroatoms. The maximum absolute atomic E-state index is 13.1. The maximum atomic E-state index is 13.1. The van der Waals surface area contributed by atoms with Crippen LogP contribution in [0, 0.1) is 17.1 Å². The molecule has 0 bridgehead atoms. The lowest BCUT2D eigenvalue weighted by molar-refractivity contribution is 0.0323. The van der Waals surface area contributed by atoms with Gasteiger partial charge in [0, 0.05) is 5.56 Å². The quantitative estimate of drug-likeness (QED) is 0.769. The molecule has 0 aliphatic carbocycles. The van der Waals surface area contributed by atoms with Crippen molar-refractivity contribution in [3.8, 4) is 6.07 Å². The Morgan fingerprint density at radius 3 is 2.67 bits per heavy atom. The van der Waals surface area contributed by atoms with E-state index in [-0.39, 0.29) is 17.0 Å². The molecule has 2 unspecified atom stereocenters. The first-order chi connectivity index (χ1) is 7.11. The van der Waals surface area contributed by atoms with Crippen LogP contribution in [0.25, 0.3) is 0 Å². The number of rotatable bonds is 3. The first-order valence-corrected chi connectivity index (χ1v) is 4.76. The number of hydrogen-bond acceptors (Lipinski definition) is 3. The Kier molecular flexibility index (Phi) is 4.04. The van der Waals surface area contributed by atoms with Crippen molar-refractivity contribution in [2.24, 2.45) is 0 Å². The first-order valence-electron chi connectivity index (χ1n) is 4.22. The van der Waals surface area contributed by atoms with Crippen molar-refractivity contribution in [1.29, 1.82) is 5.26 Å². The molecule has 0 saturated carbocycles. The lowest BCUT2D eigenvalue weighted by Gasteiger charge is -2.16. The van der Waals surface area contributed by atoms with Crippen molar-refractivity contribution in [3.05, 3.63) is 35.1 Å². The van der Waals surface area contributed by atoms with E-state index in [2.05, 4.69) is 0 Å². The van der Waals surface area contributed by atoms with Gasteiger partial charge in [-0.05, 0) is 6.07 Å². The highest BCUT2D eigenvalue weighted by Gasteiger charge is 2.21. The van der Waals surface area contributed by atoms with Crippen molar-refractivity contribution in [3.63, 3.8) is 0 Å². The topological polar surface area (TPSA) is 64.2 Å². The molecule has 0 fully saturated rings. The molecule has 0 aromatic heterocycles. The number of aliphatic hydroxyl groups is 2. The minimum absolute atomic E-state index is 0.0469. The minimum atomic E-state index is -1.35. The highest BCUT2D eigenvalue weighted by atomic mass is 35.5. The van der Waals surface area contributed by atoms with Gasteiger partial charge in [0.1, 0.15) is 18.0 Å². The zero-order valence-electron chi connectivity index (χ0n) is 7.69. The van der Waals surface area contributed by atoms with Gasteiger partial charge in [0.2, 0.25) is 0 Å². The predicted octanol–water partition coefficient (Wildman–Crippen LogP) is 1.33. The third kappa shape index (κ3) is 2.45. The Hall–Kier alpha value is -1.15. The van der Waals surface area contributed by atoms with E-state index >= 15 is 0 Å². The van der Waals surface area contributed by atoms with Crippen molar-refractivity contribution in [2.75, 3.05) is 5.88 Å². The lowest BCUT2D eigenvalue weighted by atomic mass is 9.99. The van der Waals surface area contributed by atoms with E-state index in [9.17, 15) is 14.6 Å². The highest BCUT2D eigenvalue weighted by molar-refractivity contribution is 6.18. The summed E-state index contributed by atoms with van der Waals surface area (Å²) in [4.78, 5) is 0. The van der Waals surface area contributed by atoms with Gasteiger partial charge in [0.05, 0.1) is 17.5 Å². The van der Waals surface area contributed by atoms with Gasteiger partial charge in [0.25, 0.3) is 0 Å². The van der Waals surface area contributed by atoms with Gasteiger partial charge in [0.15, 0.2) is 0 Å². The molecule has 1 aromatic carbocycles. The van der Waals surface area contributed by atoms with Gasteiger partial charge in [-0.2, -0.15) is 5.26 Å². The molecule has 2 atom stereocenters. The van der Waals surface area contributed by atoms with Crippen LogP contribution in [0.3, 0.4) is 0 Å². The van der Waals surface area contributed by atoms with E-state index in [1.165, 1.54) is 12.1 Å². The summed E-state index contributed by atoms with van der Waals surface area (Å²) in [6.07, 6.45) is -2.58. The minimum Gasteiger partial charge on any atom is -0.389 e. The summed E-state index contributed by atoms with van der Waals surface area (Å²) in [5.74, 6) is -0.918. The van der Waals surface area contributed by atoms with E-state index in [4.69, 9.17) is 16.9 Å². The Morgan fingerprint density at radius 2 is 2.13 bits per heavy atom. The van der Waals surface area contributed by atoms with Gasteiger partial charge >= 0.3 is 0 Å². The highest BCUT2D eigenvalue weighted by Crippen LogP contribution is 2.23. The van der Waals surface area contributed by atoms with Crippen molar-refractivity contribution < 1.29 is 14.6 Å². The molecule has 0 saturated heterocycles. The van der Waals surface area contributed by atoms with Crippen LogP contribution in [-0.2, 0) is 0 Å². The first kappa shape index (κ1) is 11.9. The Labute approximate surface area is 91.3 Å². The molecule has 1 rings (SSSR count). The number of nitrogens with zero attached hydrogens (tertiary/aromatic N) is 1. The monoisotopic (exact) mass is 229 g/mol. The van der Waals surface area contributed by atoms with Crippen LogP contribution < -0.4 is 0 Å². The summed E-state index contributed by atoms with van der Waals surface area (Å²) in [5.41, 5.74) is -0.222. The second-order valence-electron chi connectivity index (χ2n) is 2.98. The average molecular weight is 230 g/mol. The fourth-order valence-corrected chi connectivity index (χ4v) is 1.37. The molecule has 0 spiro atoms. The Bertz CT molecular complexity index is 391. The number of nitriles is 1. The molecule has 0 amide bonds. The Balaban J connectivity index is 3.15. The van der Waals surface area contributed by atoms with Crippen molar-refractivity contribution in [1.82, 2.24) is 0 Å². The standard InChI is InChI=1S/C10H9ClFNO2/c11-4-9(14)10(15)6-2-1-3-8(12)7(6)5-13/h1-3,9-10,14-15H,4H2. The molecule has 15 heavy (non-hydrogen) atoms. The number of hydrogen-bond donors (Lipinski definition) is 2. The molecule has 0 aliphatic rings. The summed E-state index contributed by atoms with van der Waals surface area (Å²) >= 11 is 5.35. The molecule has 0 radical (unpaired) electrons. The summed E-state index contributed by atoms with van der Waals surface area (Å²) in [6, 6.07) is 5.48. The maximum Gasteiger partial charge on any atom is 0.141 e. The third-order valence-electron chi connectivity index (χ3n) is 2.00. The van der Waals surface area contributed by atoms with E-state index in [1.807, 2.05) is 0 Å². The molecule has 80 valence electrons. The molecule has 1 aromatic rings. The molecule has 2 N–H and O–H groups in total. The number of alkyl halides is 1. The fraction of sp³-hybridized carbons (Fsp3) is 0.300. The SMILES string of the molecule is N#Cc1c(F)cccc1C(O)C(O)CCl. The van der Waals surface area contributed by atoms with Crippen LogP contribution in [0.5, 0.6) is 0 Å². The summed E-state index contributed by atoms with van der Waals surface area (Å²) in [7, 11) is 0. The van der Waals surface area contributed by atoms with E-state index in [1.54, 1.807) is 6.07 Å². The van der Waals surface area contributed by atoms with Crippen LogP contribution in [0.4, 0.5) is 4.39 Å². The number of aliphatic hydroxyl groups excluding tert-OH is 2. The molecular formula is C10H9ClFNO2. The van der Waals surface area contributed by atoms with E-state index in [0.717, 1.165) is 6.07 Å². The largest absolute Gasteiger partial charge is 0.389 e. The van der Waals surface area contributed by atoms with Crippen LogP contribution in [0.2, 0.25) is 0 Å². The normalized spacial score (nSPS) is 14.3. The summed E-state index contributed by atoms with van der Waals surface area (Å²) in [5, 5.41) is 27.5. The predicted molar refractivity (Wildman–Crippen MR) is 52.8 cm³/mol. The zero-order valence-corrected chi connectivity index (χ0v) is 8.45. The van der Waals surface area contributed by atoms with Crippen LogP contribution in [0.15, 0.2) is 18.2 Å². The van der Waals surface area contributed by atoms with Crippen LogP contribution in [-0.4, -0.2) is 22.2 Å². The van der Waals surface area contributed by atoms with Crippen LogP contribution in [0.1, 0.15) is 17.2 Å². The lowest BCUT2D eigenvalue weighted by Crippen LogP contribution is -2.20. The van der Waals surface area contributed by atoms with E-state index < -0.39 is 18.0 Å². The summed E-state index contributed by atoms with van der Waals surface area (Å²) < 4.78 is 13.1. The smallest absolute Gasteiger partial charge is 0.141 e. The molecular weight excluding hydrogens is 221 g/mol. The number of halogens is 2. The van der Waals surface area contributed by atoms with Gasteiger partial charge in [-0.3, -0.25) is 0 Å². The fourth-order valence-electron chi connectivity index (χ4n) is 1.20. The van der Waals surface area contributed by atoms with Gasteiger partial charge in [-0.25, -0.2) is 4.39 Å². The zero-order chi connectivity index (χ0) is 11.4. The average Bonchev–Trinajstić information content (AvgIpc) is 2.26. The summed E-state index contributed by atoms with van der Waals surface area (Å²) in [6.45, 7) is 0. The molecule has 3 nitrogen and oxygen atoms in total. The number of benzene rings is 1. The molecule has 0 heterocycles. The van der Waals surface area contributed by atoms with Gasteiger partial charge < -0.3 is 10.2 Å². The van der Waals surface area contributed by atoms with Crippen molar-refractivity contribution >= 4 is 11.6 Å².